The van der Waals surface area contributed by atoms with Gasteiger partial charge in [-0.15, -0.1) is 5.10 Å². The summed E-state index contributed by atoms with van der Waals surface area (Å²) < 4.78 is 16.0. The van der Waals surface area contributed by atoms with Crippen molar-refractivity contribution in [2.75, 3.05) is 5.32 Å². The van der Waals surface area contributed by atoms with Crippen LogP contribution in [-0.4, -0.2) is 32.9 Å². The lowest BCUT2D eigenvalue weighted by atomic mass is 10.0. The van der Waals surface area contributed by atoms with Crippen molar-refractivity contribution in [2.24, 2.45) is 5.92 Å². The quantitative estimate of drug-likeness (QED) is 0.816. The number of anilines is 1. The highest BCUT2D eigenvalue weighted by Gasteiger charge is 2.51. The van der Waals surface area contributed by atoms with Gasteiger partial charge in [0.1, 0.15) is 11.9 Å². The average molecular weight is 407 g/mol. The van der Waals surface area contributed by atoms with Gasteiger partial charge in [-0.3, -0.25) is 9.59 Å². The molecule has 154 valence electrons. The molecule has 2 heterocycles. The number of aryl methyl sites for hydroxylation is 1. The van der Waals surface area contributed by atoms with Gasteiger partial charge in [0.25, 0.3) is 5.91 Å². The highest BCUT2D eigenvalue weighted by molar-refractivity contribution is 6.02. The molecular formula is C22H22FN5O2. The number of nitrogens with zero attached hydrogens (tertiary/aromatic N) is 3. The van der Waals surface area contributed by atoms with Gasteiger partial charge in [0, 0.05) is 0 Å². The summed E-state index contributed by atoms with van der Waals surface area (Å²) in [6.45, 7) is 2.37. The highest BCUT2D eigenvalue weighted by atomic mass is 19.1. The van der Waals surface area contributed by atoms with Crippen molar-refractivity contribution in [2.45, 2.75) is 44.7 Å². The topological polar surface area (TPSA) is 88.9 Å². The largest absolute Gasteiger partial charge is 0.338 e. The second-order valence-corrected chi connectivity index (χ2v) is 8.22. The number of halogens is 1. The van der Waals surface area contributed by atoms with Crippen molar-refractivity contribution in [3.05, 3.63) is 64.8 Å². The molecule has 0 bridgehead atoms. The van der Waals surface area contributed by atoms with E-state index in [0.29, 0.717) is 6.54 Å². The molecule has 0 unspecified atom stereocenters. The van der Waals surface area contributed by atoms with Crippen LogP contribution in [0.5, 0.6) is 0 Å². The molecule has 1 saturated carbocycles. The van der Waals surface area contributed by atoms with E-state index in [0.717, 1.165) is 36.0 Å². The first-order valence-electron chi connectivity index (χ1n) is 10.2. The average Bonchev–Trinajstić information content (AvgIpc) is 3.39. The fourth-order valence-corrected chi connectivity index (χ4v) is 4.37. The van der Waals surface area contributed by atoms with Crippen LogP contribution >= 0.6 is 0 Å². The summed E-state index contributed by atoms with van der Waals surface area (Å²) in [5.41, 5.74) is 3.13. The number of carbonyl (C=O) groups is 2. The molecule has 5 rings (SSSR count). The first-order chi connectivity index (χ1) is 14.5. The molecule has 30 heavy (non-hydrogen) atoms. The maximum atomic E-state index is 14.4. The number of amides is 2. The van der Waals surface area contributed by atoms with Gasteiger partial charge >= 0.3 is 0 Å². The Balaban J connectivity index is 1.30. The van der Waals surface area contributed by atoms with Crippen LogP contribution in [0, 0.1) is 18.7 Å². The Morgan fingerprint density at radius 1 is 1.37 bits per heavy atom. The molecule has 1 aromatic carbocycles. The van der Waals surface area contributed by atoms with Crippen molar-refractivity contribution >= 4 is 17.5 Å². The van der Waals surface area contributed by atoms with Crippen molar-refractivity contribution in [1.29, 1.82) is 0 Å². The molecule has 2 aromatic rings. The monoisotopic (exact) mass is 407 g/mol. The van der Waals surface area contributed by atoms with Gasteiger partial charge in [-0.1, -0.05) is 29.5 Å². The smallest absolute Gasteiger partial charge is 0.274 e. The number of hydrogen-bond donors (Lipinski definition) is 2. The summed E-state index contributed by atoms with van der Waals surface area (Å²) in [5, 5.41) is 13.4. The molecule has 0 radical (unpaired) electrons. The van der Waals surface area contributed by atoms with Gasteiger partial charge in [0.05, 0.1) is 18.4 Å². The van der Waals surface area contributed by atoms with Crippen LogP contribution in [0.2, 0.25) is 0 Å². The molecule has 3 aliphatic rings. The molecule has 3 atom stereocenters. The van der Waals surface area contributed by atoms with E-state index in [1.165, 1.54) is 6.07 Å². The van der Waals surface area contributed by atoms with Gasteiger partial charge in [-0.2, -0.15) is 0 Å². The number of benzene rings is 1. The Kier molecular flexibility index (Phi) is 4.49. The second-order valence-electron chi connectivity index (χ2n) is 8.22. The van der Waals surface area contributed by atoms with Crippen molar-refractivity contribution in [1.82, 2.24) is 20.3 Å². The van der Waals surface area contributed by atoms with Gasteiger partial charge in [0.15, 0.2) is 5.69 Å². The summed E-state index contributed by atoms with van der Waals surface area (Å²) in [6.07, 6.45) is 10.6. The SMILES string of the molecule is Cc1cc(F)c2c(c1)[C@H]1C[C@H]1[C@@H](NC(=O)c1cn(CC3=CCCC=C3)nn1)C(=O)N2. The highest BCUT2D eigenvalue weighted by Crippen LogP contribution is 2.54. The molecule has 2 N–H and O–H groups in total. The van der Waals surface area contributed by atoms with E-state index >= 15 is 0 Å². The Bertz CT molecular complexity index is 1100. The maximum absolute atomic E-state index is 14.4. The molecule has 1 aromatic heterocycles. The summed E-state index contributed by atoms with van der Waals surface area (Å²) in [5.74, 6) is -1.29. The van der Waals surface area contributed by atoms with Gasteiger partial charge in [0.2, 0.25) is 5.91 Å². The molecule has 1 aliphatic heterocycles. The van der Waals surface area contributed by atoms with E-state index in [2.05, 4.69) is 33.1 Å². The van der Waals surface area contributed by atoms with Crippen LogP contribution in [0.1, 0.15) is 46.8 Å². The van der Waals surface area contributed by atoms with Crippen LogP contribution in [0.4, 0.5) is 10.1 Å². The normalized spacial score (nSPS) is 24.3. The molecule has 2 aliphatic carbocycles. The van der Waals surface area contributed by atoms with Crippen LogP contribution in [0.25, 0.3) is 0 Å². The van der Waals surface area contributed by atoms with Crippen LogP contribution in [0.15, 0.2) is 42.1 Å². The summed E-state index contributed by atoms with van der Waals surface area (Å²) in [7, 11) is 0. The maximum Gasteiger partial charge on any atom is 0.274 e. The Labute approximate surface area is 173 Å². The van der Waals surface area contributed by atoms with Crippen LogP contribution < -0.4 is 10.6 Å². The lowest BCUT2D eigenvalue weighted by Gasteiger charge is -2.16. The zero-order valence-electron chi connectivity index (χ0n) is 16.6. The lowest BCUT2D eigenvalue weighted by molar-refractivity contribution is -0.118. The number of carbonyl (C=O) groups excluding carboxylic acids is 2. The van der Waals surface area contributed by atoms with Gasteiger partial charge < -0.3 is 10.6 Å². The molecule has 8 heteroatoms. The molecule has 0 spiro atoms. The number of fused-ring (bicyclic) bond motifs is 3. The third-order valence-electron chi connectivity index (χ3n) is 5.94. The number of nitrogens with one attached hydrogen (secondary N) is 2. The lowest BCUT2D eigenvalue weighted by Crippen LogP contribution is -2.45. The molecule has 1 fully saturated rings. The van der Waals surface area contributed by atoms with Gasteiger partial charge in [-0.05, 0) is 60.8 Å². The van der Waals surface area contributed by atoms with Crippen LogP contribution in [0.3, 0.4) is 0 Å². The van der Waals surface area contributed by atoms with Crippen LogP contribution in [-0.2, 0) is 11.3 Å². The fraction of sp³-hybridized carbons (Fsp3) is 0.364. The van der Waals surface area contributed by atoms with Crippen molar-refractivity contribution < 1.29 is 14.0 Å². The predicted octanol–water partition coefficient (Wildman–Crippen LogP) is 2.86. The first-order valence-corrected chi connectivity index (χ1v) is 10.2. The number of rotatable bonds is 4. The fourth-order valence-electron chi connectivity index (χ4n) is 4.37. The number of hydrogen-bond acceptors (Lipinski definition) is 4. The summed E-state index contributed by atoms with van der Waals surface area (Å²) in [6, 6.07) is 2.59. The molecule has 0 saturated heterocycles. The Hall–Kier alpha value is -3.29. The van der Waals surface area contributed by atoms with E-state index < -0.39 is 23.7 Å². The minimum atomic E-state index is -0.733. The first kappa shape index (κ1) is 18.7. The zero-order valence-corrected chi connectivity index (χ0v) is 16.6. The molecule has 7 nitrogen and oxygen atoms in total. The second kappa shape index (κ2) is 7.19. The van der Waals surface area contributed by atoms with E-state index in [4.69, 9.17) is 0 Å². The van der Waals surface area contributed by atoms with E-state index in [-0.39, 0.29) is 23.2 Å². The summed E-state index contributed by atoms with van der Waals surface area (Å²) >= 11 is 0. The summed E-state index contributed by atoms with van der Waals surface area (Å²) in [4.78, 5) is 25.5. The minimum Gasteiger partial charge on any atom is -0.338 e. The van der Waals surface area contributed by atoms with E-state index in [1.54, 1.807) is 10.9 Å². The number of aromatic nitrogens is 3. The van der Waals surface area contributed by atoms with Crippen molar-refractivity contribution in [3.8, 4) is 0 Å². The molecular weight excluding hydrogens is 385 g/mol. The Morgan fingerprint density at radius 2 is 2.23 bits per heavy atom. The zero-order chi connectivity index (χ0) is 20.8. The van der Waals surface area contributed by atoms with Gasteiger partial charge in [-0.25, -0.2) is 9.07 Å². The predicted molar refractivity (Wildman–Crippen MR) is 108 cm³/mol. The Morgan fingerprint density at radius 3 is 3.03 bits per heavy atom. The number of allylic oxidation sites excluding steroid dienone is 4. The third-order valence-corrected chi connectivity index (χ3v) is 5.94. The molecule has 2 amide bonds. The standard InChI is InChI=1S/C22H22FN5O2/c1-12-7-15-14-9-16(14)20(22(30)24-19(15)17(23)8-12)25-21(29)18-11-28(27-26-18)10-13-5-3-2-4-6-13/h3,5-8,11,14,16,20H,2,4,9-10H2,1H3,(H,24,30)(H,25,29)/t14-,16-,20-/m1/s1. The van der Waals surface area contributed by atoms with E-state index in [1.807, 2.05) is 19.1 Å². The van der Waals surface area contributed by atoms with E-state index in [9.17, 15) is 14.0 Å². The third kappa shape index (κ3) is 3.42. The van der Waals surface area contributed by atoms with Crippen molar-refractivity contribution in [3.63, 3.8) is 0 Å². The minimum absolute atomic E-state index is 0.0519.